The summed E-state index contributed by atoms with van der Waals surface area (Å²) in [5.74, 6) is 1.66. The fourth-order valence-corrected chi connectivity index (χ4v) is 4.84. The first-order chi connectivity index (χ1) is 15.8. The Kier molecular flexibility index (Phi) is 4.79. The van der Waals surface area contributed by atoms with Crippen molar-refractivity contribution < 1.29 is 14.3 Å². The lowest BCUT2D eigenvalue weighted by Gasteiger charge is -2.54. The van der Waals surface area contributed by atoms with Crippen LogP contribution in [0.15, 0.2) is 48.8 Å². The van der Waals surface area contributed by atoms with Crippen LogP contribution in [0.4, 0.5) is 11.5 Å². The maximum Gasteiger partial charge on any atom is 0.260 e. The molecule has 0 aliphatic carbocycles. The van der Waals surface area contributed by atoms with E-state index in [2.05, 4.69) is 30.8 Å². The zero-order valence-corrected chi connectivity index (χ0v) is 17.7. The molecule has 8 nitrogen and oxygen atoms in total. The Morgan fingerprint density at radius 2 is 2.00 bits per heavy atom. The standard InChI is InChI=1S/C24H25N5O3/c30-24-19-13-16(29-17-12-18(29)15-31-14-17)6-7-21(19)32-11-2-1-9-28-10-8-25-23(28)20-4-3-5-22(26-20)27-24/h3-8,10,13,17-18H,1-2,9,11-12,14-15H2,(H,26,27,30). The van der Waals surface area contributed by atoms with Crippen molar-refractivity contribution in [3.05, 3.63) is 54.4 Å². The van der Waals surface area contributed by atoms with Gasteiger partial charge in [-0.3, -0.25) is 4.79 Å². The number of aromatic nitrogens is 3. The van der Waals surface area contributed by atoms with Crippen molar-refractivity contribution in [2.75, 3.05) is 30.0 Å². The Labute approximate surface area is 186 Å². The summed E-state index contributed by atoms with van der Waals surface area (Å²) in [6.45, 7) is 2.87. The topological polar surface area (TPSA) is 81.5 Å². The molecular formula is C24H25N5O3. The summed E-state index contributed by atoms with van der Waals surface area (Å²) in [7, 11) is 0. The zero-order chi connectivity index (χ0) is 21.5. The van der Waals surface area contributed by atoms with Gasteiger partial charge in [-0.05, 0) is 49.6 Å². The molecule has 164 valence electrons. The summed E-state index contributed by atoms with van der Waals surface area (Å²) in [6.07, 6.45) is 6.71. The number of aryl methyl sites for hydroxylation is 1. The number of fused-ring (bicyclic) bond motifs is 7. The molecule has 1 aromatic carbocycles. The lowest BCUT2D eigenvalue weighted by atomic mass is 9.90. The van der Waals surface area contributed by atoms with Crippen LogP contribution in [-0.4, -0.2) is 52.3 Å². The van der Waals surface area contributed by atoms with Gasteiger partial charge in [0.1, 0.15) is 17.3 Å². The highest BCUT2D eigenvalue weighted by molar-refractivity contribution is 6.06. The molecule has 1 N–H and O–H groups in total. The molecule has 0 saturated carbocycles. The van der Waals surface area contributed by atoms with Crippen molar-refractivity contribution in [3.8, 4) is 17.3 Å². The van der Waals surface area contributed by atoms with Gasteiger partial charge in [0, 0.05) is 24.6 Å². The van der Waals surface area contributed by atoms with Gasteiger partial charge >= 0.3 is 0 Å². The second-order valence-corrected chi connectivity index (χ2v) is 8.53. The lowest BCUT2D eigenvalue weighted by Crippen LogP contribution is -2.64. The van der Waals surface area contributed by atoms with Crippen LogP contribution in [0.2, 0.25) is 0 Å². The maximum atomic E-state index is 13.3. The molecule has 3 aliphatic heterocycles. The van der Waals surface area contributed by atoms with Crippen molar-refractivity contribution in [1.82, 2.24) is 14.5 Å². The minimum atomic E-state index is -0.228. The number of carbonyl (C=O) groups is 1. The highest BCUT2D eigenvalue weighted by Crippen LogP contribution is 2.38. The fraction of sp³-hybridized carbons (Fsp3) is 0.375. The van der Waals surface area contributed by atoms with Crippen LogP contribution in [-0.2, 0) is 11.3 Å². The number of morpholine rings is 1. The second kappa shape index (κ2) is 7.94. The molecule has 32 heavy (non-hydrogen) atoms. The third kappa shape index (κ3) is 3.40. The van der Waals surface area contributed by atoms with E-state index in [1.807, 2.05) is 30.5 Å². The predicted molar refractivity (Wildman–Crippen MR) is 120 cm³/mol. The molecule has 2 fully saturated rings. The van der Waals surface area contributed by atoms with Crippen LogP contribution in [0.25, 0.3) is 11.5 Å². The van der Waals surface area contributed by atoms with Crippen molar-refractivity contribution in [2.24, 2.45) is 0 Å². The SMILES string of the molecule is O=C1Nc2cccc(n2)-c2nccn2CCCCOc2ccc(N3C4COCC3C4)cc21. The van der Waals surface area contributed by atoms with Gasteiger partial charge in [-0.1, -0.05) is 6.07 Å². The minimum Gasteiger partial charge on any atom is -0.493 e. The van der Waals surface area contributed by atoms with Gasteiger partial charge in [0.25, 0.3) is 5.91 Å². The quantitative estimate of drug-likeness (QED) is 0.636. The molecule has 2 saturated heterocycles. The number of anilines is 2. The molecule has 6 rings (SSSR count). The molecule has 2 aromatic heterocycles. The molecule has 3 aliphatic rings. The van der Waals surface area contributed by atoms with E-state index in [0.29, 0.717) is 35.8 Å². The highest BCUT2D eigenvalue weighted by Gasteiger charge is 2.42. The minimum absolute atomic E-state index is 0.228. The molecule has 1 amide bonds. The van der Waals surface area contributed by atoms with Gasteiger partial charge in [-0.2, -0.15) is 0 Å². The van der Waals surface area contributed by atoms with Crippen molar-refractivity contribution >= 4 is 17.4 Å². The van der Waals surface area contributed by atoms with Gasteiger partial charge in [-0.15, -0.1) is 0 Å². The molecular weight excluding hydrogens is 406 g/mol. The lowest BCUT2D eigenvalue weighted by molar-refractivity contribution is 0.0103. The Morgan fingerprint density at radius 3 is 2.88 bits per heavy atom. The number of rotatable bonds is 1. The van der Waals surface area contributed by atoms with E-state index < -0.39 is 0 Å². The molecule has 0 spiro atoms. The van der Waals surface area contributed by atoms with Crippen molar-refractivity contribution in [1.29, 1.82) is 0 Å². The van der Waals surface area contributed by atoms with Crippen molar-refractivity contribution in [2.45, 2.75) is 37.9 Å². The first-order valence-electron chi connectivity index (χ1n) is 11.2. The Morgan fingerprint density at radius 1 is 1.09 bits per heavy atom. The van der Waals surface area contributed by atoms with Gasteiger partial charge in [0.05, 0.1) is 37.5 Å². The Balaban J connectivity index is 1.35. The number of benzene rings is 1. The Hall–Kier alpha value is -3.39. The average molecular weight is 431 g/mol. The van der Waals surface area contributed by atoms with Crippen LogP contribution in [0.5, 0.6) is 5.75 Å². The molecule has 4 bridgehead atoms. The van der Waals surface area contributed by atoms with E-state index in [-0.39, 0.29) is 5.91 Å². The summed E-state index contributed by atoms with van der Waals surface area (Å²) < 4.78 is 13.8. The number of pyridine rings is 1. The second-order valence-electron chi connectivity index (χ2n) is 8.53. The third-order valence-corrected chi connectivity index (χ3v) is 6.44. The Bertz CT molecular complexity index is 1150. The number of amides is 1. The van der Waals surface area contributed by atoms with Crippen LogP contribution in [0.1, 0.15) is 29.6 Å². The van der Waals surface area contributed by atoms with Gasteiger partial charge in [-0.25, -0.2) is 9.97 Å². The molecule has 0 radical (unpaired) electrons. The van der Waals surface area contributed by atoms with E-state index in [1.54, 1.807) is 12.3 Å². The van der Waals surface area contributed by atoms with E-state index in [4.69, 9.17) is 9.47 Å². The van der Waals surface area contributed by atoms with Crippen LogP contribution in [0, 0.1) is 0 Å². The summed E-state index contributed by atoms with van der Waals surface area (Å²) in [6, 6.07) is 12.3. The number of hydrogen-bond donors (Lipinski definition) is 1. The third-order valence-electron chi connectivity index (χ3n) is 6.44. The fourth-order valence-electron chi connectivity index (χ4n) is 4.84. The maximum absolute atomic E-state index is 13.3. The highest BCUT2D eigenvalue weighted by atomic mass is 16.5. The normalized spacial score (nSPS) is 22.5. The average Bonchev–Trinajstić information content (AvgIpc) is 3.28. The van der Waals surface area contributed by atoms with Gasteiger partial charge in [0.15, 0.2) is 5.82 Å². The van der Waals surface area contributed by atoms with Gasteiger partial charge < -0.3 is 24.3 Å². The van der Waals surface area contributed by atoms with E-state index in [0.717, 1.165) is 56.2 Å². The van der Waals surface area contributed by atoms with E-state index >= 15 is 0 Å². The molecule has 5 heterocycles. The van der Waals surface area contributed by atoms with Gasteiger partial charge in [0.2, 0.25) is 0 Å². The molecule has 8 heteroatoms. The number of hydrogen-bond acceptors (Lipinski definition) is 6. The van der Waals surface area contributed by atoms with Crippen LogP contribution in [0.3, 0.4) is 0 Å². The number of carbonyl (C=O) groups excluding carboxylic acids is 1. The molecule has 2 atom stereocenters. The zero-order valence-electron chi connectivity index (χ0n) is 17.7. The summed E-state index contributed by atoms with van der Waals surface area (Å²) >= 11 is 0. The number of ether oxygens (including phenoxy) is 2. The van der Waals surface area contributed by atoms with Crippen LogP contribution < -0.4 is 15.0 Å². The van der Waals surface area contributed by atoms with E-state index in [1.165, 1.54) is 0 Å². The number of nitrogens with one attached hydrogen (secondary N) is 1. The van der Waals surface area contributed by atoms with Crippen molar-refractivity contribution in [3.63, 3.8) is 0 Å². The predicted octanol–water partition coefficient (Wildman–Crippen LogP) is 3.35. The summed E-state index contributed by atoms with van der Waals surface area (Å²) in [5.41, 5.74) is 2.31. The van der Waals surface area contributed by atoms with Crippen LogP contribution >= 0.6 is 0 Å². The first kappa shape index (κ1) is 19.3. The number of imidazole rings is 1. The number of nitrogens with zero attached hydrogens (tertiary/aromatic N) is 4. The summed E-state index contributed by atoms with van der Waals surface area (Å²) in [4.78, 5) is 24.8. The smallest absolute Gasteiger partial charge is 0.260 e. The summed E-state index contributed by atoms with van der Waals surface area (Å²) in [5, 5.41) is 2.96. The largest absolute Gasteiger partial charge is 0.493 e. The monoisotopic (exact) mass is 431 g/mol. The molecule has 2 unspecified atom stereocenters. The molecule has 3 aromatic rings. The van der Waals surface area contributed by atoms with E-state index in [9.17, 15) is 4.79 Å². The first-order valence-corrected chi connectivity index (χ1v) is 11.2.